The van der Waals surface area contributed by atoms with Crippen molar-refractivity contribution in [2.24, 2.45) is 0 Å². The predicted octanol–water partition coefficient (Wildman–Crippen LogP) is 2.46. The van der Waals surface area contributed by atoms with Gasteiger partial charge in [-0.15, -0.1) is 11.3 Å². The molecule has 11 heteroatoms. The molecule has 2 aliphatic rings. The van der Waals surface area contributed by atoms with Gasteiger partial charge in [-0.3, -0.25) is 9.59 Å². The van der Waals surface area contributed by atoms with Gasteiger partial charge in [-0.1, -0.05) is 11.6 Å². The molecule has 0 radical (unpaired) electrons. The summed E-state index contributed by atoms with van der Waals surface area (Å²) in [5, 5.41) is 1.27. The molecule has 1 N–H and O–H groups in total. The molecule has 4 rings (SSSR count). The predicted molar refractivity (Wildman–Crippen MR) is 123 cm³/mol. The maximum absolute atomic E-state index is 13.0. The van der Waals surface area contributed by atoms with Crippen LogP contribution in [0, 0.1) is 0 Å². The fourth-order valence-electron chi connectivity index (χ4n) is 4.36. The summed E-state index contributed by atoms with van der Waals surface area (Å²) in [5.41, 5.74) is 0. The Hall–Kier alpha value is -1.72. The molecule has 174 valence electrons. The highest BCUT2D eigenvalue weighted by Crippen LogP contribution is 2.31. The minimum atomic E-state index is -3.89. The number of methoxy groups -OCH3 is 1. The van der Waals surface area contributed by atoms with Crippen LogP contribution in [-0.2, 0) is 24.3 Å². The Kier molecular flexibility index (Phi) is 7.06. The summed E-state index contributed by atoms with van der Waals surface area (Å²) in [4.78, 5) is 29.0. The van der Waals surface area contributed by atoms with Gasteiger partial charge in [-0.25, -0.2) is 8.42 Å². The van der Waals surface area contributed by atoms with E-state index in [9.17, 15) is 18.0 Å². The smallest absolute Gasteiger partial charge is 0.250 e. The highest BCUT2D eigenvalue weighted by atomic mass is 35.5. The molecule has 2 atom stereocenters. The van der Waals surface area contributed by atoms with Gasteiger partial charge in [-0.2, -0.15) is 4.72 Å². The fourth-order valence-corrected chi connectivity index (χ4v) is 7.16. The van der Waals surface area contributed by atoms with Crippen LogP contribution < -0.4 is 4.72 Å². The molecule has 1 aromatic heterocycles. The summed E-state index contributed by atoms with van der Waals surface area (Å²) in [6.07, 6.45) is 2.82. The molecular weight excluding hydrogens is 474 g/mol. The maximum Gasteiger partial charge on any atom is 0.250 e. The number of benzene rings is 1. The van der Waals surface area contributed by atoms with Crippen LogP contribution in [0.2, 0.25) is 5.02 Å². The first-order valence-corrected chi connectivity index (χ1v) is 13.2. The lowest BCUT2D eigenvalue weighted by Crippen LogP contribution is -2.55. The van der Waals surface area contributed by atoms with Crippen LogP contribution in [0.25, 0.3) is 10.1 Å². The summed E-state index contributed by atoms with van der Waals surface area (Å²) >= 11 is 7.13. The van der Waals surface area contributed by atoms with Gasteiger partial charge in [0.25, 0.3) is 10.0 Å². The molecule has 3 heterocycles. The number of fused-ring (bicyclic) bond motifs is 1. The number of nitrogens with zero attached hydrogens (tertiary/aromatic N) is 2. The number of rotatable bonds is 7. The van der Waals surface area contributed by atoms with Gasteiger partial charge in [0.1, 0.15) is 10.3 Å². The van der Waals surface area contributed by atoms with E-state index < -0.39 is 16.1 Å². The molecule has 0 saturated carbocycles. The number of carbonyl (C=O) groups is 2. The summed E-state index contributed by atoms with van der Waals surface area (Å²) < 4.78 is 34.6. The molecule has 0 aliphatic carbocycles. The van der Waals surface area contributed by atoms with Crippen molar-refractivity contribution in [3.05, 3.63) is 29.3 Å². The van der Waals surface area contributed by atoms with Crippen LogP contribution in [0.4, 0.5) is 0 Å². The molecule has 8 nitrogen and oxygen atoms in total. The standard InChI is InChI=1S/C21H26ClN3O5S2/c1-30-13-16-4-2-9-25(16)19(26)12-24-8-3-5-17(21(24)27)23-32(28,29)20-11-14-10-15(22)6-7-18(14)31-20/h6-7,10-11,16-17,23H,2-5,8-9,12-13H2,1H3/t16-,17-/m0/s1. The van der Waals surface area contributed by atoms with Crippen molar-refractivity contribution in [3.63, 3.8) is 0 Å². The van der Waals surface area contributed by atoms with Gasteiger partial charge in [0, 0.05) is 29.9 Å². The molecule has 0 bridgehead atoms. The summed E-state index contributed by atoms with van der Waals surface area (Å²) in [6, 6.07) is 5.90. The number of thiophene rings is 1. The molecule has 2 amide bonds. The van der Waals surface area contributed by atoms with E-state index in [1.165, 1.54) is 4.90 Å². The van der Waals surface area contributed by atoms with Crippen molar-refractivity contribution < 1.29 is 22.7 Å². The topological polar surface area (TPSA) is 96.0 Å². The Morgan fingerprint density at radius 2 is 2.03 bits per heavy atom. The van der Waals surface area contributed by atoms with Crippen LogP contribution in [-0.4, -0.2) is 75.5 Å². The lowest BCUT2D eigenvalue weighted by atomic mass is 10.1. The first-order valence-electron chi connectivity index (χ1n) is 10.6. The Morgan fingerprint density at radius 3 is 2.81 bits per heavy atom. The van der Waals surface area contributed by atoms with Crippen LogP contribution in [0.3, 0.4) is 0 Å². The van der Waals surface area contributed by atoms with Crippen molar-refractivity contribution in [3.8, 4) is 0 Å². The number of ether oxygens (including phenoxy) is 1. The van der Waals surface area contributed by atoms with Gasteiger partial charge < -0.3 is 14.5 Å². The van der Waals surface area contributed by atoms with Gasteiger partial charge in [-0.05, 0) is 55.3 Å². The van der Waals surface area contributed by atoms with E-state index in [4.69, 9.17) is 16.3 Å². The normalized spacial score (nSPS) is 22.1. The maximum atomic E-state index is 13.0. The van der Waals surface area contributed by atoms with E-state index in [-0.39, 0.29) is 28.6 Å². The van der Waals surface area contributed by atoms with E-state index in [1.807, 2.05) is 0 Å². The number of piperidine rings is 1. The minimum Gasteiger partial charge on any atom is -0.383 e. The highest BCUT2D eigenvalue weighted by Gasteiger charge is 2.36. The van der Waals surface area contributed by atoms with Crippen molar-refractivity contribution in [1.82, 2.24) is 14.5 Å². The molecule has 32 heavy (non-hydrogen) atoms. The third-order valence-corrected chi connectivity index (χ3v) is 9.23. The van der Waals surface area contributed by atoms with E-state index in [2.05, 4.69) is 4.72 Å². The quantitative estimate of drug-likeness (QED) is 0.631. The average Bonchev–Trinajstić information content (AvgIpc) is 3.38. The second-order valence-corrected chi connectivity index (χ2v) is 11.6. The molecule has 0 unspecified atom stereocenters. The number of halogens is 1. The average molecular weight is 500 g/mol. The monoisotopic (exact) mass is 499 g/mol. The second kappa shape index (κ2) is 9.64. The van der Waals surface area contributed by atoms with Gasteiger partial charge >= 0.3 is 0 Å². The summed E-state index contributed by atoms with van der Waals surface area (Å²) in [6.45, 7) is 1.52. The van der Waals surface area contributed by atoms with Crippen molar-refractivity contribution in [2.45, 2.75) is 42.0 Å². The Balaban J connectivity index is 1.43. The highest BCUT2D eigenvalue weighted by molar-refractivity contribution is 7.91. The Morgan fingerprint density at radius 1 is 1.25 bits per heavy atom. The lowest BCUT2D eigenvalue weighted by Gasteiger charge is -2.34. The van der Waals surface area contributed by atoms with Crippen LogP contribution >= 0.6 is 22.9 Å². The Bertz CT molecular complexity index is 1120. The number of nitrogens with one attached hydrogen (secondary N) is 1. The van der Waals surface area contributed by atoms with Gasteiger partial charge in [0.05, 0.1) is 19.2 Å². The zero-order valence-electron chi connectivity index (χ0n) is 17.8. The van der Waals surface area contributed by atoms with Gasteiger partial charge in [0.2, 0.25) is 11.8 Å². The number of hydrogen-bond donors (Lipinski definition) is 1. The molecule has 1 aromatic carbocycles. The molecule has 2 saturated heterocycles. The van der Waals surface area contributed by atoms with Crippen molar-refractivity contribution in [2.75, 3.05) is 33.4 Å². The molecule has 2 aromatic rings. The van der Waals surface area contributed by atoms with E-state index in [0.717, 1.165) is 34.3 Å². The van der Waals surface area contributed by atoms with E-state index in [0.29, 0.717) is 37.6 Å². The number of carbonyl (C=O) groups excluding carboxylic acids is 2. The third-order valence-electron chi connectivity index (χ3n) is 5.93. The fraction of sp³-hybridized carbons (Fsp3) is 0.524. The number of hydrogen-bond acceptors (Lipinski definition) is 6. The third kappa shape index (κ3) is 4.94. The zero-order chi connectivity index (χ0) is 22.9. The first kappa shape index (κ1) is 23.4. The minimum absolute atomic E-state index is 0.0307. The molecule has 2 fully saturated rings. The summed E-state index contributed by atoms with van der Waals surface area (Å²) in [7, 11) is -2.28. The van der Waals surface area contributed by atoms with Crippen LogP contribution in [0.15, 0.2) is 28.5 Å². The lowest BCUT2D eigenvalue weighted by molar-refractivity contribution is -0.144. The van der Waals surface area contributed by atoms with Crippen molar-refractivity contribution in [1.29, 1.82) is 0 Å². The second-order valence-electron chi connectivity index (χ2n) is 8.16. The number of sulfonamides is 1. The number of amides is 2. The molecular formula is C21H26ClN3O5S2. The Labute approximate surface area is 196 Å². The molecule has 0 spiro atoms. The van der Waals surface area contributed by atoms with Gasteiger partial charge in [0.15, 0.2) is 0 Å². The van der Waals surface area contributed by atoms with Crippen molar-refractivity contribution >= 4 is 54.9 Å². The SMILES string of the molecule is COC[C@@H]1CCCN1C(=O)CN1CCC[C@H](NS(=O)(=O)c2cc3cc(Cl)ccc3s2)C1=O. The largest absolute Gasteiger partial charge is 0.383 e. The number of likely N-dealkylation sites (tertiary alicyclic amines) is 2. The first-order chi connectivity index (χ1) is 15.3. The van der Waals surface area contributed by atoms with Crippen LogP contribution in [0.1, 0.15) is 25.7 Å². The van der Waals surface area contributed by atoms with Crippen LogP contribution in [0.5, 0.6) is 0 Å². The van der Waals surface area contributed by atoms with E-state index >= 15 is 0 Å². The molecule has 2 aliphatic heterocycles. The van der Waals surface area contributed by atoms with E-state index in [1.54, 1.807) is 36.3 Å². The summed E-state index contributed by atoms with van der Waals surface area (Å²) in [5.74, 6) is -0.484. The zero-order valence-corrected chi connectivity index (χ0v) is 20.1.